The van der Waals surface area contributed by atoms with Crippen molar-refractivity contribution in [2.75, 3.05) is 13.2 Å². The van der Waals surface area contributed by atoms with Crippen LogP contribution in [0.2, 0.25) is 0 Å². The molecule has 0 bridgehead atoms. The van der Waals surface area contributed by atoms with Crippen molar-refractivity contribution in [1.82, 2.24) is 0 Å². The molecule has 4 heteroatoms. The second-order valence-corrected chi connectivity index (χ2v) is 3.93. The SMILES string of the molecule is N#CC(N)C(CCO)COCc1ccccc1. The lowest BCUT2D eigenvalue weighted by Crippen LogP contribution is -2.32. The van der Waals surface area contributed by atoms with Gasteiger partial charge in [0.1, 0.15) is 0 Å². The van der Waals surface area contributed by atoms with E-state index in [9.17, 15) is 0 Å². The third kappa shape index (κ3) is 4.96. The third-order valence-electron chi connectivity index (χ3n) is 2.60. The largest absolute Gasteiger partial charge is 0.396 e. The van der Waals surface area contributed by atoms with Crippen molar-refractivity contribution in [2.45, 2.75) is 19.1 Å². The van der Waals surface area contributed by atoms with E-state index in [1.807, 2.05) is 36.4 Å². The summed E-state index contributed by atoms with van der Waals surface area (Å²) in [5.41, 5.74) is 6.71. The molecule has 0 aliphatic carbocycles. The van der Waals surface area contributed by atoms with Crippen molar-refractivity contribution < 1.29 is 9.84 Å². The molecule has 0 spiro atoms. The molecule has 1 aromatic carbocycles. The predicted molar refractivity (Wildman–Crippen MR) is 64.9 cm³/mol. The maximum absolute atomic E-state index is 8.88. The Balaban J connectivity index is 2.35. The Bertz CT molecular complexity index is 348. The molecule has 1 rings (SSSR count). The summed E-state index contributed by atoms with van der Waals surface area (Å²) in [4.78, 5) is 0. The molecule has 2 unspecified atom stereocenters. The monoisotopic (exact) mass is 234 g/mol. The average Bonchev–Trinajstić information content (AvgIpc) is 2.38. The average molecular weight is 234 g/mol. The summed E-state index contributed by atoms with van der Waals surface area (Å²) in [6.45, 7) is 0.917. The van der Waals surface area contributed by atoms with Gasteiger partial charge in [0, 0.05) is 12.5 Å². The van der Waals surface area contributed by atoms with Gasteiger partial charge in [0.2, 0.25) is 0 Å². The second-order valence-electron chi connectivity index (χ2n) is 3.93. The van der Waals surface area contributed by atoms with Crippen LogP contribution in [0.3, 0.4) is 0 Å². The molecule has 0 saturated heterocycles. The molecule has 0 amide bonds. The molecule has 0 heterocycles. The van der Waals surface area contributed by atoms with Crippen molar-refractivity contribution in [2.24, 2.45) is 11.7 Å². The predicted octanol–water partition coefficient (Wildman–Crippen LogP) is 1.05. The Morgan fingerprint density at radius 3 is 2.65 bits per heavy atom. The van der Waals surface area contributed by atoms with E-state index in [4.69, 9.17) is 20.8 Å². The summed E-state index contributed by atoms with van der Waals surface area (Å²) in [6, 6.07) is 11.2. The van der Waals surface area contributed by atoms with Crippen molar-refractivity contribution in [3.8, 4) is 6.07 Å². The van der Waals surface area contributed by atoms with Gasteiger partial charge in [0.05, 0.1) is 25.3 Å². The zero-order valence-corrected chi connectivity index (χ0v) is 9.75. The lowest BCUT2D eigenvalue weighted by Gasteiger charge is -2.17. The minimum Gasteiger partial charge on any atom is -0.396 e. The Morgan fingerprint density at radius 1 is 1.35 bits per heavy atom. The maximum atomic E-state index is 8.88. The molecule has 0 aromatic heterocycles. The van der Waals surface area contributed by atoms with Crippen molar-refractivity contribution >= 4 is 0 Å². The van der Waals surface area contributed by atoms with E-state index < -0.39 is 6.04 Å². The van der Waals surface area contributed by atoms with Gasteiger partial charge in [-0.05, 0) is 12.0 Å². The lowest BCUT2D eigenvalue weighted by molar-refractivity contribution is 0.0733. The highest BCUT2D eigenvalue weighted by Gasteiger charge is 2.16. The lowest BCUT2D eigenvalue weighted by atomic mass is 9.99. The molecule has 92 valence electrons. The van der Waals surface area contributed by atoms with E-state index >= 15 is 0 Å². The molecule has 0 fully saturated rings. The number of aliphatic hydroxyl groups excluding tert-OH is 1. The van der Waals surface area contributed by atoms with E-state index in [0.717, 1.165) is 5.56 Å². The van der Waals surface area contributed by atoms with Gasteiger partial charge in [-0.15, -0.1) is 0 Å². The molecule has 1 aromatic rings. The maximum Gasteiger partial charge on any atom is 0.0979 e. The van der Waals surface area contributed by atoms with Gasteiger partial charge in [-0.25, -0.2) is 0 Å². The summed E-state index contributed by atoms with van der Waals surface area (Å²) < 4.78 is 5.52. The van der Waals surface area contributed by atoms with Crippen LogP contribution < -0.4 is 5.73 Å². The van der Waals surface area contributed by atoms with Crippen LogP contribution in [-0.4, -0.2) is 24.4 Å². The Labute approximate surface area is 102 Å². The normalized spacial score (nSPS) is 13.9. The number of hydrogen-bond donors (Lipinski definition) is 2. The fourth-order valence-electron chi connectivity index (χ4n) is 1.54. The van der Waals surface area contributed by atoms with Gasteiger partial charge in [-0.3, -0.25) is 0 Å². The molecule has 0 aliphatic heterocycles. The number of ether oxygens (including phenoxy) is 1. The first kappa shape index (κ1) is 13.7. The number of rotatable bonds is 7. The van der Waals surface area contributed by atoms with Crippen LogP contribution in [0.25, 0.3) is 0 Å². The van der Waals surface area contributed by atoms with Crippen LogP contribution in [-0.2, 0) is 11.3 Å². The quantitative estimate of drug-likeness (QED) is 0.739. The van der Waals surface area contributed by atoms with Crippen LogP contribution in [0.15, 0.2) is 30.3 Å². The van der Waals surface area contributed by atoms with Gasteiger partial charge in [-0.2, -0.15) is 5.26 Å². The van der Waals surface area contributed by atoms with Gasteiger partial charge >= 0.3 is 0 Å². The number of hydrogen-bond acceptors (Lipinski definition) is 4. The number of benzene rings is 1. The molecule has 2 atom stereocenters. The number of nitriles is 1. The Kier molecular flexibility index (Phi) is 6.26. The second kappa shape index (κ2) is 7.80. The van der Waals surface area contributed by atoms with Crippen LogP contribution in [0.4, 0.5) is 0 Å². The molecule has 3 N–H and O–H groups in total. The highest BCUT2D eigenvalue weighted by atomic mass is 16.5. The Hall–Kier alpha value is -1.41. The number of aliphatic hydroxyl groups is 1. The van der Waals surface area contributed by atoms with E-state index in [1.165, 1.54) is 0 Å². The smallest absolute Gasteiger partial charge is 0.0979 e. The fourth-order valence-corrected chi connectivity index (χ4v) is 1.54. The van der Waals surface area contributed by atoms with E-state index in [0.29, 0.717) is 19.6 Å². The minimum absolute atomic E-state index is 0.0226. The molecular formula is C13H18N2O2. The van der Waals surface area contributed by atoms with E-state index in [1.54, 1.807) is 0 Å². The molecule has 0 aliphatic rings. The summed E-state index contributed by atoms with van der Waals surface area (Å²) in [6.07, 6.45) is 0.490. The summed E-state index contributed by atoms with van der Waals surface area (Å²) in [5.74, 6) is -0.117. The highest BCUT2D eigenvalue weighted by Crippen LogP contribution is 2.09. The summed E-state index contributed by atoms with van der Waals surface area (Å²) in [7, 11) is 0. The van der Waals surface area contributed by atoms with Crippen LogP contribution in [0, 0.1) is 17.2 Å². The van der Waals surface area contributed by atoms with E-state index in [-0.39, 0.29) is 12.5 Å². The zero-order valence-electron chi connectivity index (χ0n) is 9.75. The minimum atomic E-state index is -0.585. The van der Waals surface area contributed by atoms with Gasteiger partial charge in [-0.1, -0.05) is 30.3 Å². The van der Waals surface area contributed by atoms with Crippen LogP contribution >= 0.6 is 0 Å². The topological polar surface area (TPSA) is 79.3 Å². The molecule has 4 nitrogen and oxygen atoms in total. The van der Waals surface area contributed by atoms with Gasteiger partial charge < -0.3 is 15.6 Å². The zero-order chi connectivity index (χ0) is 12.5. The van der Waals surface area contributed by atoms with Gasteiger partial charge in [0.25, 0.3) is 0 Å². The number of nitrogens with zero attached hydrogens (tertiary/aromatic N) is 1. The Morgan fingerprint density at radius 2 is 2.06 bits per heavy atom. The van der Waals surface area contributed by atoms with Crippen LogP contribution in [0.5, 0.6) is 0 Å². The first-order valence-corrected chi connectivity index (χ1v) is 5.65. The van der Waals surface area contributed by atoms with Crippen molar-refractivity contribution in [1.29, 1.82) is 5.26 Å². The van der Waals surface area contributed by atoms with Crippen LogP contribution in [0.1, 0.15) is 12.0 Å². The first-order chi connectivity index (χ1) is 8.27. The first-order valence-electron chi connectivity index (χ1n) is 5.65. The van der Waals surface area contributed by atoms with Gasteiger partial charge in [0.15, 0.2) is 0 Å². The summed E-state index contributed by atoms with van der Waals surface area (Å²) >= 11 is 0. The van der Waals surface area contributed by atoms with Crippen molar-refractivity contribution in [3.05, 3.63) is 35.9 Å². The fraction of sp³-hybridized carbons (Fsp3) is 0.462. The third-order valence-corrected chi connectivity index (χ3v) is 2.60. The molecule has 0 saturated carbocycles. The number of nitrogens with two attached hydrogens (primary N) is 1. The molecular weight excluding hydrogens is 216 g/mol. The molecule has 17 heavy (non-hydrogen) atoms. The van der Waals surface area contributed by atoms with Crippen molar-refractivity contribution in [3.63, 3.8) is 0 Å². The van der Waals surface area contributed by atoms with E-state index in [2.05, 4.69) is 0 Å². The standard InChI is InChI=1S/C13H18N2O2/c14-8-13(15)12(6-7-16)10-17-9-11-4-2-1-3-5-11/h1-5,12-13,16H,6-7,9-10,15H2. The summed E-state index contributed by atoms with van der Waals surface area (Å²) in [5, 5.41) is 17.6. The molecule has 0 radical (unpaired) electrons. The highest BCUT2D eigenvalue weighted by molar-refractivity contribution is 5.13.